The number of nitrogens with one attached hydrogen (secondary N) is 1. The number of anilines is 1. The second-order valence-electron chi connectivity index (χ2n) is 7.45. The van der Waals surface area contributed by atoms with Crippen molar-refractivity contribution in [2.24, 2.45) is 0 Å². The van der Waals surface area contributed by atoms with E-state index in [1.54, 1.807) is 63.7 Å². The van der Waals surface area contributed by atoms with Crippen LogP contribution in [0.5, 0.6) is 28.7 Å². The van der Waals surface area contributed by atoms with Crippen LogP contribution in [0.2, 0.25) is 10.0 Å². The zero-order valence-electron chi connectivity index (χ0n) is 18.8. The Morgan fingerprint density at radius 3 is 2.20 bits per heavy atom. The number of halogens is 2. The Morgan fingerprint density at radius 2 is 1.57 bits per heavy atom. The quantitative estimate of drug-likeness (QED) is 0.292. The van der Waals surface area contributed by atoms with Gasteiger partial charge in [0, 0.05) is 17.6 Å². The van der Waals surface area contributed by atoms with E-state index in [4.69, 9.17) is 37.4 Å². The van der Waals surface area contributed by atoms with E-state index in [9.17, 15) is 13.5 Å². The summed E-state index contributed by atoms with van der Waals surface area (Å²) in [6, 6.07) is 12.4. The Hall–Kier alpha value is -3.40. The number of phenols is 1. The fraction of sp³-hybridized carbons (Fsp3) is 0.125. The molecule has 1 aromatic heterocycles. The standard InChI is InChI=1S/C24H20Cl2N2O6S/c1-13-8-14(34-21-6-7-27-20-12-23(33-3)22(32-2)11-16(20)21)4-5-19(13)28-35(30,31)15-9-17(25)24(29)18(26)10-15/h4-12,28-29H,1-3H3. The fourth-order valence-corrected chi connectivity index (χ4v) is 5.18. The average molecular weight is 535 g/mol. The van der Waals surface area contributed by atoms with E-state index in [1.807, 2.05) is 0 Å². The van der Waals surface area contributed by atoms with Gasteiger partial charge in [-0.05, 0) is 55.0 Å². The molecular weight excluding hydrogens is 515 g/mol. The van der Waals surface area contributed by atoms with Crippen LogP contribution in [-0.2, 0) is 10.0 Å². The number of fused-ring (bicyclic) bond motifs is 1. The summed E-state index contributed by atoms with van der Waals surface area (Å²) in [6.45, 7) is 1.74. The van der Waals surface area contributed by atoms with Crippen LogP contribution < -0.4 is 18.9 Å². The minimum Gasteiger partial charge on any atom is -0.505 e. The van der Waals surface area contributed by atoms with Crippen LogP contribution in [0, 0.1) is 6.92 Å². The third-order valence-corrected chi connectivity index (χ3v) is 7.10. The van der Waals surface area contributed by atoms with Gasteiger partial charge in [0.25, 0.3) is 10.0 Å². The Kier molecular flexibility index (Phi) is 6.84. The zero-order valence-corrected chi connectivity index (χ0v) is 21.1. The smallest absolute Gasteiger partial charge is 0.262 e. The van der Waals surface area contributed by atoms with Crippen LogP contribution >= 0.6 is 23.2 Å². The molecule has 0 radical (unpaired) electrons. The number of aryl methyl sites for hydroxylation is 1. The highest BCUT2D eigenvalue weighted by Gasteiger charge is 2.20. The number of phenolic OH excluding ortho intramolecular Hbond substituents is 1. The van der Waals surface area contributed by atoms with Crippen molar-refractivity contribution < 1.29 is 27.7 Å². The molecule has 0 fully saturated rings. The van der Waals surface area contributed by atoms with Gasteiger partial charge in [-0.2, -0.15) is 0 Å². The van der Waals surface area contributed by atoms with E-state index in [-0.39, 0.29) is 20.7 Å². The molecule has 3 aromatic carbocycles. The lowest BCUT2D eigenvalue weighted by atomic mass is 10.1. The van der Waals surface area contributed by atoms with E-state index in [1.165, 1.54) is 0 Å². The van der Waals surface area contributed by atoms with Gasteiger partial charge in [-0.25, -0.2) is 8.42 Å². The average Bonchev–Trinajstić information content (AvgIpc) is 2.83. The summed E-state index contributed by atoms with van der Waals surface area (Å²) in [4.78, 5) is 4.18. The lowest BCUT2D eigenvalue weighted by Gasteiger charge is -2.15. The van der Waals surface area contributed by atoms with Crippen molar-refractivity contribution in [2.45, 2.75) is 11.8 Å². The lowest BCUT2D eigenvalue weighted by molar-refractivity contribution is 0.355. The van der Waals surface area contributed by atoms with E-state index in [0.29, 0.717) is 45.2 Å². The van der Waals surface area contributed by atoms with Crippen LogP contribution in [0.1, 0.15) is 5.56 Å². The SMILES string of the molecule is COc1cc2nccc(Oc3ccc(NS(=O)(=O)c4cc(Cl)c(O)c(Cl)c4)c(C)c3)c2cc1OC. The number of hydrogen-bond acceptors (Lipinski definition) is 7. The van der Waals surface area contributed by atoms with E-state index < -0.39 is 10.0 Å². The topological polar surface area (TPSA) is 107 Å². The van der Waals surface area contributed by atoms with Crippen molar-refractivity contribution >= 4 is 49.8 Å². The van der Waals surface area contributed by atoms with Gasteiger partial charge in [0.1, 0.15) is 11.5 Å². The fourth-order valence-electron chi connectivity index (χ4n) is 3.38. The van der Waals surface area contributed by atoms with Gasteiger partial charge in [0.05, 0.1) is 40.4 Å². The highest BCUT2D eigenvalue weighted by Crippen LogP contribution is 2.38. The second kappa shape index (κ2) is 9.69. The van der Waals surface area contributed by atoms with Crippen LogP contribution in [0.15, 0.2) is 59.6 Å². The van der Waals surface area contributed by atoms with Crippen molar-refractivity contribution in [3.63, 3.8) is 0 Å². The number of methoxy groups -OCH3 is 2. The summed E-state index contributed by atoms with van der Waals surface area (Å²) in [5, 5.41) is 10.1. The highest BCUT2D eigenvalue weighted by atomic mass is 35.5. The molecule has 4 aromatic rings. The molecule has 0 saturated carbocycles. The number of sulfonamides is 1. The van der Waals surface area contributed by atoms with E-state index >= 15 is 0 Å². The highest BCUT2D eigenvalue weighted by molar-refractivity contribution is 7.92. The molecule has 0 spiro atoms. The largest absolute Gasteiger partial charge is 0.505 e. The molecule has 4 rings (SSSR count). The monoisotopic (exact) mass is 534 g/mol. The third kappa shape index (κ3) is 5.02. The molecule has 2 N–H and O–H groups in total. The first-order chi connectivity index (χ1) is 16.6. The van der Waals surface area contributed by atoms with Crippen molar-refractivity contribution in [1.29, 1.82) is 0 Å². The van der Waals surface area contributed by atoms with E-state index in [0.717, 1.165) is 12.1 Å². The molecule has 0 atom stereocenters. The maximum atomic E-state index is 12.8. The van der Waals surface area contributed by atoms with Gasteiger partial charge in [-0.3, -0.25) is 9.71 Å². The Labute approximate surface area is 212 Å². The second-order valence-corrected chi connectivity index (χ2v) is 9.95. The number of pyridine rings is 1. The van der Waals surface area contributed by atoms with Crippen molar-refractivity contribution in [1.82, 2.24) is 4.98 Å². The summed E-state index contributed by atoms with van der Waals surface area (Å²) < 4.78 is 45.0. The summed E-state index contributed by atoms with van der Waals surface area (Å²) in [5.74, 6) is 1.73. The summed E-state index contributed by atoms with van der Waals surface area (Å²) in [7, 11) is -0.923. The molecule has 1 heterocycles. The van der Waals surface area contributed by atoms with Gasteiger partial charge in [0.2, 0.25) is 0 Å². The summed E-state index contributed by atoms with van der Waals surface area (Å²) >= 11 is 11.7. The molecule has 0 amide bonds. The minimum atomic E-state index is -4.02. The number of benzene rings is 3. The first-order valence-electron chi connectivity index (χ1n) is 10.1. The molecular formula is C24H20Cl2N2O6S. The Balaban J connectivity index is 1.62. The number of ether oxygens (including phenoxy) is 3. The lowest BCUT2D eigenvalue weighted by Crippen LogP contribution is -2.13. The maximum absolute atomic E-state index is 12.8. The third-order valence-electron chi connectivity index (χ3n) is 5.18. The zero-order chi connectivity index (χ0) is 25.3. The number of nitrogens with zero attached hydrogens (tertiary/aromatic N) is 1. The Bertz CT molecular complexity index is 1520. The van der Waals surface area contributed by atoms with Crippen LogP contribution in [0.4, 0.5) is 5.69 Å². The normalized spacial score (nSPS) is 11.3. The van der Waals surface area contributed by atoms with Crippen molar-refractivity contribution in [3.05, 3.63) is 70.3 Å². The molecule has 0 aliphatic rings. The van der Waals surface area contributed by atoms with Gasteiger partial charge in [-0.15, -0.1) is 0 Å². The number of aromatic nitrogens is 1. The first kappa shape index (κ1) is 24.7. The summed E-state index contributed by atoms with van der Waals surface area (Å²) in [6.07, 6.45) is 1.62. The number of hydrogen-bond donors (Lipinski definition) is 2. The van der Waals surface area contributed by atoms with Crippen molar-refractivity contribution in [3.8, 4) is 28.7 Å². The maximum Gasteiger partial charge on any atom is 0.262 e. The Morgan fingerprint density at radius 1 is 0.914 bits per heavy atom. The number of aromatic hydroxyl groups is 1. The van der Waals surface area contributed by atoms with Gasteiger partial charge in [-0.1, -0.05) is 23.2 Å². The van der Waals surface area contributed by atoms with Gasteiger partial charge in [0.15, 0.2) is 17.2 Å². The van der Waals surface area contributed by atoms with E-state index in [2.05, 4.69) is 9.71 Å². The van der Waals surface area contributed by atoms with Gasteiger partial charge >= 0.3 is 0 Å². The molecule has 0 aliphatic heterocycles. The number of rotatable bonds is 7. The first-order valence-corrected chi connectivity index (χ1v) is 12.4. The van der Waals surface area contributed by atoms with Crippen LogP contribution in [0.25, 0.3) is 10.9 Å². The van der Waals surface area contributed by atoms with Crippen molar-refractivity contribution in [2.75, 3.05) is 18.9 Å². The molecule has 0 saturated heterocycles. The predicted molar refractivity (Wildman–Crippen MR) is 135 cm³/mol. The predicted octanol–water partition coefficient (Wildman–Crippen LogP) is 6.17. The van der Waals surface area contributed by atoms with Crippen LogP contribution in [0.3, 0.4) is 0 Å². The molecule has 35 heavy (non-hydrogen) atoms. The molecule has 8 nitrogen and oxygen atoms in total. The molecule has 0 bridgehead atoms. The van der Waals surface area contributed by atoms with Crippen LogP contribution in [-0.4, -0.2) is 32.7 Å². The molecule has 0 aliphatic carbocycles. The summed E-state index contributed by atoms with van der Waals surface area (Å²) in [5.41, 5.74) is 1.61. The molecule has 11 heteroatoms. The van der Waals surface area contributed by atoms with Gasteiger partial charge < -0.3 is 19.3 Å². The minimum absolute atomic E-state index is 0.169. The molecule has 182 valence electrons. The molecule has 0 unspecified atom stereocenters.